The first kappa shape index (κ1) is 52.0. The van der Waals surface area contributed by atoms with Crippen molar-refractivity contribution < 1.29 is 68.3 Å². The number of benzene rings is 4. The number of hydrogen-bond donors (Lipinski definition) is 2. The third-order valence-electron chi connectivity index (χ3n) is 13.1. The SMILES string of the molecule is CC1(c2cccc(NS(C)(=O)=O)c2)C2CN(C(=O)/C=C/c3ccccc3C(F)(F)F)CC21.CC1(c2cccc(NS(C)(=O)=O)c2)C2CN(C/C=C/c3ccccc3C(F)(F)F)CC21.[AlH3].[H-].[Li+]. The molecule has 0 radical (unpaired) electrons. The largest absolute Gasteiger partial charge is 1.00 e. The van der Waals surface area contributed by atoms with Crippen LogP contribution in [0.5, 0.6) is 0 Å². The summed E-state index contributed by atoms with van der Waals surface area (Å²) in [5.74, 6) is 1.03. The molecule has 9 nitrogen and oxygen atoms in total. The number of amides is 1. The van der Waals surface area contributed by atoms with Crippen molar-refractivity contribution in [2.45, 2.75) is 37.0 Å². The van der Waals surface area contributed by atoms with Crippen LogP contribution in [0.4, 0.5) is 37.7 Å². The Morgan fingerprint density at radius 2 is 1.06 bits per heavy atom. The number of rotatable bonds is 11. The van der Waals surface area contributed by atoms with E-state index in [0.29, 0.717) is 42.8 Å². The van der Waals surface area contributed by atoms with Crippen LogP contribution >= 0.6 is 0 Å². The van der Waals surface area contributed by atoms with E-state index < -0.39 is 43.5 Å². The molecule has 4 aromatic carbocycles. The number of halogens is 6. The maximum Gasteiger partial charge on any atom is 1.00 e. The summed E-state index contributed by atoms with van der Waals surface area (Å²) in [6.45, 7) is 7.66. The Morgan fingerprint density at radius 1 is 0.662 bits per heavy atom. The van der Waals surface area contributed by atoms with Crippen LogP contribution in [0, 0.1) is 23.7 Å². The fraction of sp³-hybridized carbons (Fsp3) is 0.370. The van der Waals surface area contributed by atoms with Crippen LogP contribution in [0.25, 0.3) is 12.2 Å². The fourth-order valence-electron chi connectivity index (χ4n) is 9.69. The van der Waals surface area contributed by atoms with Crippen LogP contribution in [-0.2, 0) is 48.0 Å². The minimum atomic E-state index is -4.48. The molecule has 2 N–H and O–H groups in total. The van der Waals surface area contributed by atoms with Crippen molar-refractivity contribution in [1.82, 2.24) is 9.80 Å². The summed E-state index contributed by atoms with van der Waals surface area (Å²) in [5.41, 5.74) is 1.75. The van der Waals surface area contributed by atoms with Crippen molar-refractivity contribution in [2.24, 2.45) is 23.7 Å². The Morgan fingerprint density at radius 3 is 1.48 bits per heavy atom. The number of nitrogens with zero attached hydrogens (tertiary/aromatic N) is 2. The third-order valence-corrected chi connectivity index (χ3v) is 14.3. The molecule has 8 rings (SSSR count). The first-order valence-corrected chi connectivity index (χ1v) is 24.0. The van der Waals surface area contributed by atoms with Crippen LogP contribution in [0.3, 0.4) is 0 Å². The van der Waals surface area contributed by atoms with Gasteiger partial charge in [-0.3, -0.25) is 19.1 Å². The van der Waals surface area contributed by atoms with Crippen molar-refractivity contribution in [3.63, 3.8) is 0 Å². The van der Waals surface area contributed by atoms with E-state index in [-0.39, 0.29) is 77.3 Å². The minimum Gasteiger partial charge on any atom is -1.00 e. The molecule has 4 aliphatic rings. The van der Waals surface area contributed by atoms with Crippen molar-refractivity contribution in [3.8, 4) is 0 Å². The van der Waals surface area contributed by atoms with Gasteiger partial charge in [-0.05, 0) is 88.4 Å². The van der Waals surface area contributed by atoms with Gasteiger partial charge in [0.2, 0.25) is 26.0 Å². The maximum absolute atomic E-state index is 13.1. The van der Waals surface area contributed by atoms with Gasteiger partial charge in [0, 0.05) is 61.0 Å². The van der Waals surface area contributed by atoms with Gasteiger partial charge in [0.15, 0.2) is 17.4 Å². The van der Waals surface area contributed by atoms with Crippen molar-refractivity contribution >= 4 is 66.8 Å². The van der Waals surface area contributed by atoms with Gasteiger partial charge >= 0.3 is 31.2 Å². The van der Waals surface area contributed by atoms with Crippen LogP contribution in [0.15, 0.2) is 109 Å². The topological polar surface area (TPSA) is 116 Å². The van der Waals surface area contributed by atoms with Gasteiger partial charge in [0.05, 0.1) is 23.6 Å². The van der Waals surface area contributed by atoms with Gasteiger partial charge in [0.1, 0.15) is 0 Å². The molecular formula is C46H52AlF6LiN4O5S2. The second-order valence-corrected chi connectivity index (χ2v) is 20.8. The molecule has 0 spiro atoms. The Kier molecular flexibility index (Phi) is 15.4. The molecule has 0 bridgehead atoms. The number of nitrogens with one attached hydrogen (secondary N) is 2. The number of likely N-dealkylation sites (tertiary alicyclic amines) is 2. The first-order chi connectivity index (χ1) is 29.4. The summed E-state index contributed by atoms with van der Waals surface area (Å²) in [6, 6.07) is 25.5. The Bertz CT molecular complexity index is 2670. The number of hydrogen-bond acceptors (Lipinski definition) is 6. The molecule has 4 atom stereocenters. The van der Waals surface area contributed by atoms with Crippen molar-refractivity contribution in [1.29, 1.82) is 0 Å². The molecule has 2 heterocycles. The number of piperidine rings is 2. The molecule has 19 heteroatoms. The van der Waals surface area contributed by atoms with Crippen LogP contribution in [0.1, 0.15) is 48.7 Å². The Balaban J connectivity index is 0.000000276. The summed E-state index contributed by atoms with van der Waals surface area (Å²) in [6.07, 6.45) is -0.864. The van der Waals surface area contributed by atoms with Crippen LogP contribution in [-0.4, -0.2) is 95.1 Å². The number of alkyl halides is 6. The quantitative estimate of drug-likeness (QED) is 0.128. The molecule has 65 heavy (non-hydrogen) atoms. The molecule has 4 fully saturated rings. The number of carbonyl (C=O) groups excluding carboxylic acids is 1. The summed E-state index contributed by atoms with van der Waals surface area (Å²) in [4.78, 5) is 16.5. The summed E-state index contributed by atoms with van der Waals surface area (Å²) in [7, 11) is -6.71. The predicted octanol–water partition coefficient (Wildman–Crippen LogP) is 4.68. The number of sulfonamides is 2. The number of fused-ring (bicyclic) bond motifs is 2. The Labute approximate surface area is 400 Å². The molecule has 1 amide bonds. The fourth-order valence-corrected chi connectivity index (χ4v) is 10.8. The third kappa shape index (κ3) is 11.8. The molecule has 2 aliphatic heterocycles. The number of carbonyl (C=O) groups is 1. The predicted molar refractivity (Wildman–Crippen MR) is 244 cm³/mol. The standard InChI is InChI=1S/C23H23F3N2O3S.C23H25F3N2O2S.Al.Li.4H/c1-22(16-7-5-8-17(12-16)27-32(2,30)31)19-13-28(14-20(19)22)21(29)11-10-15-6-3-4-9-18(15)23(24,25)26;1-22(17-9-5-10-18(13-17)27-31(2,29)30)20-14-28(15-21(20)22)12-6-8-16-7-3-4-11-19(16)23(24,25)26;;;;;;/h3-12,19-20,27H,13-14H2,1-2H3;3-11,13,20-21,27H,12,14-15H2,1-2H3;;;;;;/q;;;+1;;;;-1/b11-10+;8-6+;;;;;;. The van der Waals surface area contributed by atoms with E-state index in [0.717, 1.165) is 48.9 Å². The van der Waals surface area contributed by atoms with E-state index in [2.05, 4.69) is 28.2 Å². The molecular weight excluding hydrogens is 901 g/mol. The van der Waals surface area contributed by atoms with E-state index in [9.17, 15) is 48.0 Å². The summed E-state index contributed by atoms with van der Waals surface area (Å²) < 4.78 is 130. The molecule has 4 unspecified atom stereocenters. The zero-order chi connectivity index (χ0) is 45.8. The van der Waals surface area contributed by atoms with Gasteiger partial charge in [-0.25, -0.2) is 16.8 Å². The zero-order valence-corrected chi connectivity index (χ0v) is 37.5. The number of anilines is 2. The molecule has 2 saturated carbocycles. The molecule has 0 aromatic heterocycles. The average Bonchev–Trinajstić information content (AvgIpc) is 3.66. The second-order valence-electron chi connectivity index (χ2n) is 17.3. The first-order valence-electron chi connectivity index (χ1n) is 20.2. The van der Waals surface area contributed by atoms with Gasteiger partial charge in [0.25, 0.3) is 0 Å². The Hall–Kier alpha value is -4.00. The second kappa shape index (κ2) is 19.3. The van der Waals surface area contributed by atoms with E-state index in [4.69, 9.17) is 0 Å². The molecule has 2 aliphatic carbocycles. The van der Waals surface area contributed by atoms with E-state index in [1.165, 1.54) is 42.5 Å². The van der Waals surface area contributed by atoms with E-state index >= 15 is 0 Å². The van der Waals surface area contributed by atoms with E-state index in [1.54, 1.807) is 41.3 Å². The molecule has 344 valence electrons. The van der Waals surface area contributed by atoms with Crippen LogP contribution < -0.4 is 28.3 Å². The van der Waals surface area contributed by atoms with Gasteiger partial charge in [-0.15, -0.1) is 0 Å². The maximum atomic E-state index is 13.1. The average molecular weight is 953 g/mol. The summed E-state index contributed by atoms with van der Waals surface area (Å²) in [5, 5.41) is 0. The zero-order valence-electron chi connectivity index (χ0n) is 36.9. The van der Waals surface area contributed by atoms with Gasteiger partial charge in [-0.2, -0.15) is 26.3 Å². The van der Waals surface area contributed by atoms with Gasteiger partial charge in [-0.1, -0.05) is 86.7 Å². The smallest absolute Gasteiger partial charge is 1.00 e. The van der Waals surface area contributed by atoms with Crippen molar-refractivity contribution in [3.05, 3.63) is 143 Å². The normalized spacial score (nSPS) is 24.9. The van der Waals surface area contributed by atoms with Crippen molar-refractivity contribution in [2.75, 3.05) is 54.7 Å². The monoisotopic (exact) mass is 952 g/mol. The minimum absolute atomic E-state index is 0. The molecule has 2 saturated heterocycles. The molecule has 4 aromatic rings. The summed E-state index contributed by atoms with van der Waals surface area (Å²) >= 11 is 0. The van der Waals surface area contributed by atoms with E-state index in [1.807, 2.05) is 30.3 Å². The van der Waals surface area contributed by atoms with Crippen LogP contribution in [0.2, 0.25) is 0 Å². The van der Waals surface area contributed by atoms with Gasteiger partial charge < -0.3 is 6.33 Å².